The van der Waals surface area contributed by atoms with E-state index in [2.05, 4.69) is 24.0 Å². The van der Waals surface area contributed by atoms with Crippen LogP contribution in [0.4, 0.5) is 5.69 Å². The predicted octanol–water partition coefficient (Wildman–Crippen LogP) is 3.13. The van der Waals surface area contributed by atoms with E-state index < -0.39 is 0 Å². The van der Waals surface area contributed by atoms with E-state index in [9.17, 15) is 4.79 Å². The summed E-state index contributed by atoms with van der Waals surface area (Å²) in [6.07, 6.45) is 2.56. The van der Waals surface area contributed by atoms with E-state index in [1.165, 1.54) is 18.5 Å². The molecule has 0 bridgehead atoms. The van der Waals surface area contributed by atoms with Gasteiger partial charge in [-0.15, -0.1) is 0 Å². The molecule has 0 aromatic heterocycles. The Labute approximate surface area is 97.3 Å². The van der Waals surface area contributed by atoms with Crippen LogP contribution in [0.3, 0.4) is 0 Å². The third-order valence-corrected chi connectivity index (χ3v) is 3.50. The molecule has 16 heavy (non-hydrogen) atoms. The quantitative estimate of drug-likeness (QED) is 0.725. The zero-order valence-corrected chi connectivity index (χ0v) is 10.1. The molecule has 1 aliphatic heterocycles. The van der Waals surface area contributed by atoms with Crippen molar-refractivity contribution in [1.29, 1.82) is 0 Å². The summed E-state index contributed by atoms with van der Waals surface area (Å²) in [6.45, 7) is 6.18. The molecule has 1 unspecified atom stereocenters. The maximum Gasteiger partial charge on any atom is 0.159 e. The van der Waals surface area contributed by atoms with Crippen LogP contribution >= 0.6 is 0 Å². The molecule has 1 heterocycles. The van der Waals surface area contributed by atoms with Crippen LogP contribution in [0.2, 0.25) is 0 Å². The zero-order chi connectivity index (χ0) is 11.5. The van der Waals surface area contributed by atoms with Gasteiger partial charge in [0.2, 0.25) is 0 Å². The maximum absolute atomic E-state index is 11.2. The van der Waals surface area contributed by atoms with Crippen LogP contribution in [0.1, 0.15) is 37.0 Å². The minimum absolute atomic E-state index is 0.138. The van der Waals surface area contributed by atoms with Crippen molar-refractivity contribution in [2.45, 2.75) is 26.7 Å². The van der Waals surface area contributed by atoms with Gasteiger partial charge in [0, 0.05) is 24.3 Å². The first kappa shape index (κ1) is 11.2. The van der Waals surface area contributed by atoms with Crippen LogP contribution in [0, 0.1) is 5.92 Å². The summed E-state index contributed by atoms with van der Waals surface area (Å²) in [7, 11) is 0. The molecule has 1 atom stereocenters. The number of hydrogen-bond acceptors (Lipinski definition) is 2. The fraction of sp³-hybridized carbons (Fsp3) is 0.500. The lowest BCUT2D eigenvalue weighted by molar-refractivity contribution is 0.101. The van der Waals surface area contributed by atoms with Crippen molar-refractivity contribution in [3.8, 4) is 0 Å². The number of anilines is 1. The smallest absolute Gasteiger partial charge is 0.159 e. The summed E-state index contributed by atoms with van der Waals surface area (Å²) in [6, 6.07) is 7.98. The normalized spacial score (nSPS) is 20.1. The summed E-state index contributed by atoms with van der Waals surface area (Å²) in [5.41, 5.74) is 2.05. The topological polar surface area (TPSA) is 20.3 Å². The van der Waals surface area contributed by atoms with Gasteiger partial charge in [-0.05, 0) is 43.5 Å². The Kier molecular flexibility index (Phi) is 3.28. The van der Waals surface area contributed by atoms with Crippen LogP contribution in [-0.4, -0.2) is 18.9 Å². The summed E-state index contributed by atoms with van der Waals surface area (Å²) in [4.78, 5) is 13.6. The van der Waals surface area contributed by atoms with E-state index in [1.807, 2.05) is 12.1 Å². The standard InChI is InChI=1S/C14H19NO/c1-3-12-8-9-15(10-12)14-6-4-13(5-7-14)11(2)16/h4-7,12H,3,8-10H2,1-2H3. The van der Waals surface area contributed by atoms with Crippen molar-refractivity contribution in [3.63, 3.8) is 0 Å². The molecule has 1 aromatic rings. The molecule has 0 radical (unpaired) electrons. The van der Waals surface area contributed by atoms with E-state index in [1.54, 1.807) is 6.92 Å². The van der Waals surface area contributed by atoms with Crippen LogP contribution < -0.4 is 4.90 Å². The molecule has 1 aliphatic rings. The Morgan fingerprint density at radius 1 is 1.38 bits per heavy atom. The molecule has 0 spiro atoms. The second-order valence-corrected chi connectivity index (χ2v) is 4.61. The first-order valence-corrected chi connectivity index (χ1v) is 6.06. The number of benzene rings is 1. The molecule has 2 heteroatoms. The summed E-state index contributed by atoms with van der Waals surface area (Å²) < 4.78 is 0. The first-order valence-electron chi connectivity index (χ1n) is 6.06. The van der Waals surface area contributed by atoms with Crippen molar-refractivity contribution in [2.75, 3.05) is 18.0 Å². The number of ketones is 1. The minimum Gasteiger partial charge on any atom is -0.371 e. The highest BCUT2D eigenvalue weighted by Crippen LogP contribution is 2.25. The zero-order valence-electron chi connectivity index (χ0n) is 10.1. The van der Waals surface area contributed by atoms with Gasteiger partial charge in [-0.1, -0.05) is 13.3 Å². The first-order chi connectivity index (χ1) is 7.70. The van der Waals surface area contributed by atoms with Crippen molar-refractivity contribution in [1.82, 2.24) is 0 Å². The molecule has 2 nitrogen and oxygen atoms in total. The van der Waals surface area contributed by atoms with E-state index in [0.29, 0.717) is 0 Å². The SMILES string of the molecule is CCC1CCN(c2ccc(C(C)=O)cc2)C1. The van der Waals surface area contributed by atoms with Gasteiger partial charge in [0.05, 0.1) is 0 Å². The van der Waals surface area contributed by atoms with Crippen LogP contribution in [-0.2, 0) is 0 Å². The Bertz CT molecular complexity index is 369. The van der Waals surface area contributed by atoms with E-state index >= 15 is 0 Å². The number of carbonyl (C=O) groups is 1. The van der Waals surface area contributed by atoms with Gasteiger partial charge in [-0.25, -0.2) is 0 Å². The van der Waals surface area contributed by atoms with Gasteiger partial charge in [0.1, 0.15) is 0 Å². The molecule has 1 saturated heterocycles. The molecule has 0 saturated carbocycles. The molecule has 86 valence electrons. The highest BCUT2D eigenvalue weighted by atomic mass is 16.1. The summed E-state index contributed by atoms with van der Waals surface area (Å²) >= 11 is 0. The molecule has 2 rings (SSSR count). The molecular formula is C14H19NO. The van der Waals surface area contributed by atoms with Crippen molar-refractivity contribution < 1.29 is 4.79 Å². The van der Waals surface area contributed by atoms with Gasteiger partial charge in [0.15, 0.2) is 5.78 Å². The van der Waals surface area contributed by atoms with Crippen molar-refractivity contribution >= 4 is 11.5 Å². The fourth-order valence-electron chi connectivity index (χ4n) is 2.31. The number of carbonyl (C=O) groups excluding carboxylic acids is 1. The van der Waals surface area contributed by atoms with Crippen LogP contribution in [0.15, 0.2) is 24.3 Å². The lowest BCUT2D eigenvalue weighted by Crippen LogP contribution is -2.19. The van der Waals surface area contributed by atoms with Crippen LogP contribution in [0.25, 0.3) is 0 Å². The van der Waals surface area contributed by atoms with Gasteiger partial charge < -0.3 is 4.90 Å². The van der Waals surface area contributed by atoms with Crippen molar-refractivity contribution in [3.05, 3.63) is 29.8 Å². The Morgan fingerprint density at radius 2 is 2.06 bits per heavy atom. The number of hydrogen-bond donors (Lipinski definition) is 0. The highest BCUT2D eigenvalue weighted by Gasteiger charge is 2.20. The van der Waals surface area contributed by atoms with Crippen LogP contribution in [0.5, 0.6) is 0 Å². The minimum atomic E-state index is 0.138. The summed E-state index contributed by atoms with van der Waals surface area (Å²) in [5.74, 6) is 0.979. The lowest BCUT2D eigenvalue weighted by Gasteiger charge is -2.18. The van der Waals surface area contributed by atoms with Gasteiger partial charge in [0.25, 0.3) is 0 Å². The molecule has 1 fully saturated rings. The fourth-order valence-corrected chi connectivity index (χ4v) is 2.31. The average Bonchev–Trinajstić information content (AvgIpc) is 2.77. The summed E-state index contributed by atoms with van der Waals surface area (Å²) in [5, 5.41) is 0. The third-order valence-electron chi connectivity index (χ3n) is 3.50. The second-order valence-electron chi connectivity index (χ2n) is 4.61. The molecular weight excluding hydrogens is 198 g/mol. The maximum atomic E-state index is 11.2. The largest absolute Gasteiger partial charge is 0.371 e. The van der Waals surface area contributed by atoms with Gasteiger partial charge in [-0.2, -0.15) is 0 Å². The molecule has 0 amide bonds. The molecule has 1 aromatic carbocycles. The molecule has 0 aliphatic carbocycles. The third kappa shape index (κ3) is 2.26. The second kappa shape index (κ2) is 4.69. The Hall–Kier alpha value is -1.31. The lowest BCUT2D eigenvalue weighted by atomic mass is 10.1. The van der Waals surface area contributed by atoms with Gasteiger partial charge >= 0.3 is 0 Å². The number of rotatable bonds is 3. The number of Topliss-reactive ketones (excluding diaryl/α,β-unsaturated/α-hetero) is 1. The Morgan fingerprint density at radius 3 is 2.56 bits per heavy atom. The monoisotopic (exact) mass is 217 g/mol. The van der Waals surface area contributed by atoms with Gasteiger partial charge in [-0.3, -0.25) is 4.79 Å². The highest BCUT2D eigenvalue weighted by molar-refractivity contribution is 5.94. The predicted molar refractivity (Wildman–Crippen MR) is 67.1 cm³/mol. The number of nitrogens with zero attached hydrogens (tertiary/aromatic N) is 1. The molecule has 0 N–H and O–H groups in total. The van der Waals surface area contributed by atoms with E-state index in [0.717, 1.165) is 24.6 Å². The average molecular weight is 217 g/mol. The Balaban J connectivity index is 2.08. The van der Waals surface area contributed by atoms with Crippen molar-refractivity contribution in [2.24, 2.45) is 5.92 Å². The van der Waals surface area contributed by atoms with E-state index in [4.69, 9.17) is 0 Å². The van der Waals surface area contributed by atoms with E-state index in [-0.39, 0.29) is 5.78 Å².